The van der Waals surface area contributed by atoms with Gasteiger partial charge in [-0.1, -0.05) is 13.8 Å². The van der Waals surface area contributed by atoms with Gasteiger partial charge in [0, 0.05) is 24.0 Å². The third-order valence-corrected chi connectivity index (χ3v) is 3.03. The molecule has 0 saturated carbocycles. The molecule has 1 aliphatic rings. The summed E-state index contributed by atoms with van der Waals surface area (Å²) in [7, 11) is 0. The van der Waals surface area contributed by atoms with E-state index in [-0.39, 0.29) is 23.4 Å². The van der Waals surface area contributed by atoms with E-state index in [1.165, 1.54) is 0 Å². The molecule has 1 atom stereocenters. The second-order valence-corrected chi connectivity index (χ2v) is 5.21. The highest BCUT2D eigenvalue weighted by molar-refractivity contribution is 5.79. The van der Waals surface area contributed by atoms with Crippen LogP contribution in [0.4, 0.5) is 0 Å². The second-order valence-electron chi connectivity index (χ2n) is 5.21. The predicted octanol–water partition coefficient (Wildman–Crippen LogP) is 1.37. The average molecular weight is 198 g/mol. The van der Waals surface area contributed by atoms with E-state index in [0.29, 0.717) is 6.54 Å². The molecule has 3 heteroatoms. The lowest BCUT2D eigenvalue weighted by molar-refractivity contribution is -0.142. The molecule has 14 heavy (non-hydrogen) atoms. The van der Waals surface area contributed by atoms with Crippen LogP contribution in [0.2, 0.25) is 0 Å². The third-order valence-electron chi connectivity index (χ3n) is 3.03. The molecule has 0 aromatic heterocycles. The zero-order valence-electron chi connectivity index (χ0n) is 9.71. The predicted molar refractivity (Wildman–Crippen MR) is 57.8 cm³/mol. The number of rotatable bonds is 1. The van der Waals surface area contributed by atoms with Crippen LogP contribution in [0.1, 0.15) is 40.5 Å². The Morgan fingerprint density at radius 3 is 2.57 bits per heavy atom. The SMILES string of the molecule is CC(C)C(=O)N1CC(N)CCC1(C)C. The van der Waals surface area contributed by atoms with Crippen LogP contribution in [0.25, 0.3) is 0 Å². The minimum absolute atomic E-state index is 0.0166. The van der Waals surface area contributed by atoms with E-state index in [9.17, 15) is 4.79 Å². The van der Waals surface area contributed by atoms with Crippen molar-refractivity contribution < 1.29 is 4.79 Å². The standard InChI is InChI=1S/C11H22N2O/c1-8(2)10(14)13-7-9(12)5-6-11(13,3)4/h8-9H,5-7,12H2,1-4H3. The summed E-state index contributed by atoms with van der Waals surface area (Å²) in [6, 6.07) is 0.158. The van der Waals surface area contributed by atoms with Gasteiger partial charge in [-0.15, -0.1) is 0 Å². The molecule has 0 bridgehead atoms. The summed E-state index contributed by atoms with van der Waals surface area (Å²) in [5.74, 6) is 0.296. The summed E-state index contributed by atoms with van der Waals surface area (Å²) >= 11 is 0. The van der Waals surface area contributed by atoms with E-state index < -0.39 is 0 Å². The Hall–Kier alpha value is -0.570. The summed E-state index contributed by atoms with van der Waals surface area (Å²) in [6.45, 7) is 8.85. The summed E-state index contributed by atoms with van der Waals surface area (Å²) in [5.41, 5.74) is 5.87. The number of carbonyl (C=O) groups excluding carboxylic acids is 1. The smallest absolute Gasteiger partial charge is 0.225 e. The molecule has 1 saturated heterocycles. The van der Waals surface area contributed by atoms with Gasteiger partial charge in [-0.25, -0.2) is 0 Å². The van der Waals surface area contributed by atoms with Crippen molar-refractivity contribution in [3.8, 4) is 0 Å². The van der Waals surface area contributed by atoms with Crippen molar-refractivity contribution >= 4 is 5.91 Å². The summed E-state index contributed by atoms with van der Waals surface area (Å²) in [4.78, 5) is 13.9. The van der Waals surface area contributed by atoms with Crippen LogP contribution in [-0.4, -0.2) is 28.9 Å². The Kier molecular flexibility index (Phi) is 3.20. The van der Waals surface area contributed by atoms with Crippen molar-refractivity contribution in [2.24, 2.45) is 11.7 Å². The lowest BCUT2D eigenvalue weighted by atomic mass is 9.87. The molecule has 1 unspecified atom stereocenters. The number of likely N-dealkylation sites (tertiary alicyclic amines) is 1. The van der Waals surface area contributed by atoms with Gasteiger partial charge in [0.15, 0.2) is 0 Å². The van der Waals surface area contributed by atoms with Crippen LogP contribution in [-0.2, 0) is 4.79 Å². The maximum Gasteiger partial charge on any atom is 0.225 e. The van der Waals surface area contributed by atoms with Gasteiger partial charge in [-0.2, -0.15) is 0 Å². The first-order chi connectivity index (χ1) is 6.34. The molecule has 1 aliphatic heterocycles. The molecule has 3 nitrogen and oxygen atoms in total. The van der Waals surface area contributed by atoms with Gasteiger partial charge in [-0.05, 0) is 26.7 Å². The van der Waals surface area contributed by atoms with Crippen LogP contribution in [0.3, 0.4) is 0 Å². The molecule has 0 radical (unpaired) electrons. The van der Waals surface area contributed by atoms with Crippen LogP contribution >= 0.6 is 0 Å². The van der Waals surface area contributed by atoms with E-state index in [0.717, 1.165) is 12.8 Å². The first-order valence-electron chi connectivity index (χ1n) is 5.41. The summed E-state index contributed by atoms with van der Waals surface area (Å²) < 4.78 is 0. The third kappa shape index (κ3) is 2.27. The highest BCUT2D eigenvalue weighted by Crippen LogP contribution is 2.28. The summed E-state index contributed by atoms with van der Waals surface area (Å²) in [6.07, 6.45) is 2.03. The first-order valence-corrected chi connectivity index (χ1v) is 5.41. The number of nitrogens with zero attached hydrogens (tertiary/aromatic N) is 1. The maximum absolute atomic E-state index is 11.9. The van der Waals surface area contributed by atoms with Gasteiger partial charge in [0.25, 0.3) is 0 Å². The first kappa shape index (κ1) is 11.5. The lowest BCUT2D eigenvalue weighted by Crippen LogP contribution is -2.57. The molecular formula is C11H22N2O. The summed E-state index contributed by atoms with van der Waals surface area (Å²) in [5, 5.41) is 0. The van der Waals surface area contributed by atoms with Gasteiger partial charge in [0.1, 0.15) is 0 Å². The number of amides is 1. The number of hydrogen-bond acceptors (Lipinski definition) is 2. The highest BCUT2D eigenvalue weighted by atomic mass is 16.2. The van der Waals surface area contributed by atoms with Crippen molar-refractivity contribution in [3.05, 3.63) is 0 Å². The molecule has 0 spiro atoms. The molecule has 82 valence electrons. The molecule has 1 amide bonds. The van der Waals surface area contributed by atoms with E-state index in [1.807, 2.05) is 18.7 Å². The molecule has 0 aromatic carbocycles. The van der Waals surface area contributed by atoms with Gasteiger partial charge >= 0.3 is 0 Å². The maximum atomic E-state index is 11.9. The van der Waals surface area contributed by atoms with E-state index in [4.69, 9.17) is 5.73 Å². The molecular weight excluding hydrogens is 176 g/mol. The molecule has 1 heterocycles. The lowest BCUT2D eigenvalue weighted by Gasteiger charge is -2.45. The average Bonchev–Trinajstić information content (AvgIpc) is 2.08. The zero-order valence-corrected chi connectivity index (χ0v) is 9.71. The van der Waals surface area contributed by atoms with E-state index in [1.54, 1.807) is 0 Å². The van der Waals surface area contributed by atoms with Crippen molar-refractivity contribution in [1.29, 1.82) is 0 Å². The van der Waals surface area contributed by atoms with Crippen LogP contribution in [0.15, 0.2) is 0 Å². The number of hydrogen-bond donors (Lipinski definition) is 1. The number of nitrogens with two attached hydrogens (primary N) is 1. The minimum atomic E-state index is -0.0166. The quantitative estimate of drug-likeness (QED) is 0.691. The Bertz CT molecular complexity index is 223. The largest absolute Gasteiger partial charge is 0.336 e. The Morgan fingerprint density at radius 2 is 2.07 bits per heavy atom. The Labute approximate surface area is 86.6 Å². The van der Waals surface area contributed by atoms with Gasteiger partial charge in [0.2, 0.25) is 5.91 Å². The van der Waals surface area contributed by atoms with Gasteiger partial charge in [-0.3, -0.25) is 4.79 Å². The van der Waals surface area contributed by atoms with Gasteiger partial charge < -0.3 is 10.6 Å². The van der Waals surface area contributed by atoms with Crippen molar-refractivity contribution in [2.45, 2.75) is 52.1 Å². The number of carbonyl (C=O) groups is 1. The second kappa shape index (κ2) is 3.89. The number of piperidine rings is 1. The van der Waals surface area contributed by atoms with Crippen molar-refractivity contribution in [3.63, 3.8) is 0 Å². The molecule has 1 rings (SSSR count). The fourth-order valence-electron chi connectivity index (χ4n) is 1.95. The van der Waals surface area contributed by atoms with Crippen molar-refractivity contribution in [2.75, 3.05) is 6.54 Å². The van der Waals surface area contributed by atoms with Crippen molar-refractivity contribution in [1.82, 2.24) is 4.90 Å². The Balaban J connectivity index is 2.77. The highest BCUT2D eigenvalue weighted by Gasteiger charge is 2.36. The fraction of sp³-hybridized carbons (Fsp3) is 0.909. The van der Waals surface area contributed by atoms with Crippen LogP contribution < -0.4 is 5.73 Å². The van der Waals surface area contributed by atoms with E-state index in [2.05, 4.69) is 13.8 Å². The molecule has 2 N–H and O–H groups in total. The monoisotopic (exact) mass is 198 g/mol. The minimum Gasteiger partial charge on any atom is -0.336 e. The molecule has 1 fully saturated rings. The van der Waals surface area contributed by atoms with Crippen LogP contribution in [0.5, 0.6) is 0 Å². The normalized spacial score (nSPS) is 26.7. The van der Waals surface area contributed by atoms with Gasteiger partial charge in [0.05, 0.1) is 0 Å². The molecule has 0 aliphatic carbocycles. The van der Waals surface area contributed by atoms with E-state index >= 15 is 0 Å². The Morgan fingerprint density at radius 1 is 1.50 bits per heavy atom. The zero-order chi connectivity index (χ0) is 10.9. The topological polar surface area (TPSA) is 46.3 Å². The fourth-order valence-corrected chi connectivity index (χ4v) is 1.95. The molecule has 0 aromatic rings. The van der Waals surface area contributed by atoms with Crippen LogP contribution in [0, 0.1) is 5.92 Å².